The van der Waals surface area contributed by atoms with E-state index in [9.17, 15) is 9.90 Å². The molecule has 3 atom stereocenters. The summed E-state index contributed by atoms with van der Waals surface area (Å²) in [4.78, 5) is 14.8. The third-order valence-electron chi connectivity index (χ3n) is 7.10. The fourth-order valence-corrected chi connectivity index (χ4v) is 4.92. The highest BCUT2D eigenvalue weighted by Gasteiger charge is 2.32. The lowest BCUT2D eigenvalue weighted by Gasteiger charge is -2.37. The number of hydrogen-bond donors (Lipinski definition) is 3. The van der Waals surface area contributed by atoms with Gasteiger partial charge < -0.3 is 34.9 Å². The summed E-state index contributed by atoms with van der Waals surface area (Å²) in [6, 6.07) is 31.6. The summed E-state index contributed by atoms with van der Waals surface area (Å²) >= 11 is 0. The maximum atomic E-state index is 12.7. The smallest absolute Gasteiger partial charge is 0.323 e. The SMILES string of the molecule is C=CCN(C)C[C@@H]1C[C@H](c2ccc(CO)cc2)O[C@H](c2ccc(NC(=O)Nc3ccc(Oc4ccccc4)cc3)cc2)O1. The van der Waals surface area contributed by atoms with E-state index in [-0.39, 0.29) is 24.8 Å². The first-order chi connectivity index (χ1) is 21.0. The number of nitrogens with zero attached hydrogens (tertiary/aromatic N) is 1. The molecule has 0 unspecified atom stereocenters. The number of benzene rings is 4. The Kier molecular flexibility index (Phi) is 10.2. The van der Waals surface area contributed by atoms with Gasteiger partial charge in [0, 0.05) is 36.4 Å². The average molecular weight is 580 g/mol. The summed E-state index contributed by atoms with van der Waals surface area (Å²) in [5, 5.41) is 15.1. The van der Waals surface area contributed by atoms with Crippen molar-refractivity contribution in [1.82, 2.24) is 4.90 Å². The molecular weight excluding hydrogens is 542 g/mol. The van der Waals surface area contributed by atoms with Crippen LogP contribution in [0.25, 0.3) is 0 Å². The summed E-state index contributed by atoms with van der Waals surface area (Å²) in [5.74, 6) is 1.43. The zero-order valence-electron chi connectivity index (χ0n) is 24.2. The molecular formula is C35H37N3O5. The maximum Gasteiger partial charge on any atom is 0.323 e. The number of carbonyl (C=O) groups is 1. The summed E-state index contributed by atoms with van der Waals surface area (Å²) in [6.07, 6.45) is 1.79. The van der Waals surface area contributed by atoms with Crippen LogP contribution in [0, 0.1) is 0 Å². The van der Waals surface area contributed by atoms with E-state index in [1.807, 2.05) is 92.0 Å². The Morgan fingerprint density at radius 2 is 1.49 bits per heavy atom. The van der Waals surface area contributed by atoms with Gasteiger partial charge in [-0.15, -0.1) is 6.58 Å². The molecule has 4 aromatic carbocycles. The van der Waals surface area contributed by atoms with E-state index in [0.717, 1.165) is 35.5 Å². The van der Waals surface area contributed by atoms with Crippen molar-refractivity contribution < 1.29 is 24.1 Å². The van der Waals surface area contributed by atoms with Crippen LogP contribution >= 0.6 is 0 Å². The van der Waals surface area contributed by atoms with Crippen molar-refractivity contribution in [3.05, 3.63) is 132 Å². The second kappa shape index (κ2) is 14.6. The van der Waals surface area contributed by atoms with Crippen molar-refractivity contribution in [2.45, 2.75) is 31.5 Å². The number of amides is 2. The van der Waals surface area contributed by atoms with Crippen LogP contribution in [0.4, 0.5) is 16.2 Å². The summed E-state index contributed by atoms with van der Waals surface area (Å²) in [6.45, 7) is 5.33. The van der Waals surface area contributed by atoms with Crippen molar-refractivity contribution in [3.63, 3.8) is 0 Å². The first kappa shape index (κ1) is 30.0. The van der Waals surface area contributed by atoms with Gasteiger partial charge in [0.1, 0.15) is 11.5 Å². The lowest BCUT2D eigenvalue weighted by Crippen LogP contribution is -2.37. The van der Waals surface area contributed by atoms with Crippen LogP contribution < -0.4 is 15.4 Å². The number of carbonyl (C=O) groups excluding carboxylic acids is 1. The highest BCUT2D eigenvalue weighted by atomic mass is 16.7. The van der Waals surface area contributed by atoms with Gasteiger partial charge in [-0.25, -0.2) is 4.79 Å². The molecule has 2 amide bonds. The van der Waals surface area contributed by atoms with E-state index in [1.165, 1.54) is 0 Å². The molecule has 1 aliphatic heterocycles. The molecule has 1 saturated heterocycles. The van der Waals surface area contributed by atoms with Gasteiger partial charge in [-0.2, -0.15) is 0 Å². The molecule has 0 saturated carbocycles. The van der Waals surface area contributed by atoms with Crippen LogP contribution in [-0.2, 0) is 16.1 Å². The van der Waals surface area contributed by atoms with Crippen LogP contribution in [0.15, 0.2) is 116 Å². The third-order valence-corrected chi connectivity index (χ3v) is 7.10. The van der Waals surface area contributed by atoms with Crippen LogP contribution in [-0.4, -0.2) is 42.3 Å². The largest absolute Gasteiger partial charge is 0.457 e. The second-order valence-electron chi connectivity index (χ2n) is 10.5. The zero-order chi connectivity index (χ0) is 30.0. The van der Waals surface area contributed by atoms with E-state index >= 15 is 0 Å². The van der Waals surface area contributed by atoms with Crippen molar-refractivity contribution in [2.24, 2.45) is 0 Å². The van der Waals surface area contributed by atoms with Gasteiger partial charge >= 0.3 is 6.03 Å². The number of anilines is 2. The number of aliphatic hydroxyl groups excluding tert-OH is 1. The number of likely N-dealkylation sites (N-methyl/N-ethyl adjacent to an activating group) is 1. The predicted octanol–water partition coefficient (Wildman–Crippen LogP) is 7.28. The monoisotopic (exact) mass is 579 g/mol. The highest BCUT2D eigenvalue weighted by Crippen LogP contribution is 2.38. The molecule has 4 aromatic rings. The van der Waals surface area contributed by atoms with Crippen LogP contribution in [0.3, 0.4) is 0 Å². The number of aliphatic hydroxyl groups is 1. The normalized spacial score (nSPS) is 18.2. The van der Waals surface area contributed by atoms with Crippen molar-refractivity contribution in [2.75, 3.05) is 30.8 Å². The molecule has 1 fully saturated rings. The van der Waals surface area contributed by atoms with Gasteiger partial charge in [0.25, 0.3) is 0 Å². The standard InChI is InChI=1S/C35H37N3O5/c1-3-21-38(2)23-32-22-33(26-11-9-25(24-39)10-12-26)43-34(42-32)27-13-15-28(16-14-27)36-35(40)37-29-17-19-31(20-18-29)41-30-7-5-4-6-8-30/h3-20,32-34,39H,1,21-24H2,2H3,(H2,36,37,40)/t32-,33+,34+/m0/s1. The second-order valence-corrected chi connectivity index (χ2v) is 10.5. The molecule has 5 rings (SSSR count). The van der Waals surface area contributed by atoms with Crippen molar-refractivity contribution in [1.29, 1.82) is 0 Å². The van der Waals surface area contributed by atoms with Gasteiger partial charge in [-0.1, -0.05) is 60.7 Å². The molecule has 0 radical (unpaired) electrons. The Labute approximate surface area is 252 Å². The molecule has 3 N–H and O–H groups in total. The van der Waals surface area contributed by atoms with E-state index < -0.39 is 6.29 Å². The van der Waals surface area contributed by atoms with Gasteiger partial charge in [0.2, 0.25) is 0 Å². The Morgan fingerprint density at radius 3 is 2.12 bits per heavy atom. The molecule has 0 bridgehead atoms. The molecule has 0 aromatic heterocycles. The van der Waals surface area contributed by atoms with Crippen molar-refractivity contribution in [3.8, 4) is 11.5 Å². The summed E-state index contributed by atoms with van der Waals surface area (Å²) in [5.41, 5.74) is 4.03. The van der Waals surface area contributed by atoms with Gasteiger partial charge in [-0.05, 0) is 66.7 Å². The fourth-order valence-electron chi connectivity index (χ4n) is 4.92. The lowest BCUT2D eigenvalue weighted by atomic mass is 9.99. The lowest BCUT2D eigenvalue weighted by molar-refractivity contribution is -0.252. The number of nitrogens with one attached hydrogen (secondary N) is 2. The Balaban J connectivity index is 1.20. The topological polar surface area (TPSA) is 92.3 Å². The molecule has 43 heavy (non-hydrogen) atoms. The number of rotatable bonds is 11. The Hall–Kier alpha value is -4.47. The van der Waals surface area contributed by atoms with Crippen LogP contribution in [0.5, 0.6) is 11.5 Å². The first-order valence-electron chi connectivity index (χ1n) is 14.3. The predicted molar refractivity (Wildman–Crippen MR) is 168 cm³/mol. The van der Waals surface area contributed by atoms with Crippen LogP contribution in [0.2, 0.25) is 0 Å². The Bertz CT molecular complexity index is 1460. The van der Waals surface area contributed by atoms with Crippen LogP contribution in [0.1, 0.15) is 35.5 Å². The highest BCUT2D eigenvalue weighted by molar-refractivity contribution is 5.99. The van der Waals surface area contributed by atoms with E-state index in [1.54, 1.807) is 24.3 Å². The van der Waals surface area contributed by atoms with Gasteiger partial charge in [0.05, 0.1) is 18.8 Å². The Morgan fingerprint density at radius 1 is 0.884 bits per heavy atom. The van der Waals surface area contributed by atoms with E-state index in [0.29, 0.717) is 23.5 Å². The van der Waals surface area contributed by atoms with Gasteiger partial charge in [0.15, 0.2) is 6.29 Å². The average Bonchev–Trinajstić information content (AvgIpc) is 3.03. The fraction of sp³-hybridized carbons (Fsp3) is 0.229. The van der Waals surface area contributed by atoms with Crippen molar-refractivity contribution >= 4 is 17.4 Å². The molecule has 8 nitrogen and oxygen atoms in total. The maximum absolute atomic E-state index is 12.7. The summed E-state index contributed by atoms with van der Waals surface area (Å²) in [7, 11) is 2.04. The quantitative estimate of drug-likeness (QED) is 0.162. The molecule has 8 heteroatoms. The molecule has 1 aliphatic rings. The third kappa shape index (κ3) is 8.53. The molecule has 222 valence electrons. The minimum atomic E-state index is -0.571. The molecule has 0 spiro atoms. The van der Waals surface area contributed by atoms with E-state index in [4.69, 9.17) is 14.2 Å². The zero-order valence-corrected chi connectivity index (χ0v) is 24.2. The summed E-state index contributed by atoms with van der Waals surface area (Å²) < 4.78 is 18.6. The minimum absolute atomic E-state index is 0.000908. The molecule has 0 aliphatic carbocycles. The first-order valence-corrected chi connectivity index (χ1v) is 14.3. The molecule has 1 heterocycles. The number of hydrogen-bond acceptors (Lipinski definition) is 6. The number of para-hydroxylation sites is 1. The minimum Gasteiger partial charge on any atom is -0.457 e. The van der Waals surface area contributed by atoms with Gasteiger partial charge in [-0.3, -0.25) is 0 Å². The number of urea groups is 1. The number of ether oxygens (including phenoxy) is 3. The van der Waals surface area contributed by atoms with E-state index in [2.05, 4.69) is 22.1 Å².